The smallest absolute Gasteiger partial charge is 0.242 e. The van der Waals surface area contributed by atoms with Gasteiger partial charge in [0.25, 0.3) is 0 Å². The Morgan fingerprint density at radius 3 is 2.30 bits per heavy atom. The van der Waals surface area contributed by atoms with Crippen LogP contribution in [0.4, 0.5) is 0 Å². The first-order valence-electron chi connectivity index (χ1n) is 10.9. The Bertz CT molecular complexity index is 791. The first-order valence-corrected chi connectivity index (χ1v) is 11.9. The molecular weight excluding hydrogens is 392 g/mol. The number of hydrogen-bond acceptors (Lipinski definition) is 3. The van der Waals surface area contributed by atoms with Gasteiger partial charge in [0.1, 0.15) is 6.04 Å². The zero-order valence-electron chi connectivity index (χ0n) is 17.8. The summed E-state index contributed by atoms with van der Waals surface area (Å²) in [5.41, 5.74) is 1.04. The zero-order valence-corrected chi connectivity index (χ0v) is 18.6. The summed E-state index contributed by atoms with van der Waals surface area (Å²) in [5.74, 6) is 0.681. The van der Waals surface area contributed by atoms with Gasteiger partial charge in [0.05, 0.1) is 0 Å². The van der Waals surface area contributed by atoms with Crippen molar-refractivity contribution in [2.24, 2.45) is 0 Å². The van der Waals surface area contributed by atoms with Crippen LogP contribution in [0.15, 0.2) is 65.6 Å². The molecule has 1 aliphatic carbocycles. The number of carbonyl (C=O) groups excluding carboxylic acids is 2. The fourth-order valence-corrected chi connectivity index (χ4v) is 4.71. The molecule has 1 fully saturated rings. The fraction of sp³-hybridized carbons (Fsp3) is 0.440. The molecule has 3 rings (SSSR count). The molecule has 30 heavy (non-hydrogen) atoms. The van der Waals surface area contributed by atoms with E-state index in [9.17, 15) is 9.59 Å². The minimum atomic E-state index is -0.485. The van der Waals surface area contributed by atoms with Crippen molar-refractivity contribution < 1.29 is 9.59 Å². The van der Waals surface area contributed by atoms with E-state index < -0.39 is 6.04 Å². The third-order valence-corrected chi connectivity index (χ3v) is 6.66. The highest BCUT2D eigenvalue weighted by Gasteiger charge is 2.27. The summed E-state index contributed by atoms with van der Waals surface area (Å²) in [5, 5.41) is 3.18. The molecule has 1 aliphatic rings. The van der Waals surface area contributed by atoms with E-state index in [4.69, 9.17) is 0 Å². The van der Waals surface area contributed by atoms with Gasteiger partial charge in [-0.3, -0.25) is 9.59 Å². The Balaban J connectivity index is 1.62. The van der Waals surface area contributed by atoms with E-state index in [1.165, 1.54) is 19.3 Å². The van der Waals surface area contributed by atoms with E-state index in [-0.39, 0.29) is 17.9 Å². The van der Waals surface area contributed by atoms with Crippen molar-refractivity contribution >= 4 is 23.6 Å². The van der Waals surface area contributed by atoms with Crippen molar-refractivity contribution in [2.45, 2.75) is 69.0 Å². The van der Waals surface area contributed by atoms with Crippen molar-refractivity contribution in [1.82, 2.24) is 10.2 Å². The second kappa shape index (κ2) is 11.8. The fourth-order valence-electron chi connectivity index (χ4n) is 3.85. The molecule has 1 atom stereocenters. The third-order valence-electron chi connectivity index (χ3n) is 5.64. The Morgan fingerprint density at radius 1 is 1.00 bits per heavy atom. The normalized spacial score (nSPS) is 15.4. The molecule has 0 spiro atoms. The minimum Gasteiger partial charge on any atom is -0.352 e. The second-order valence-electron chi connectivity index (χ2n) is 7.94. The van der Waals surface area contributed by atoms with Crippen molar-refractivity contribution in [1.29, 1.82) is 0 Å². The van der Waals surface area contributed by atoms with Crippen molar-refractivity contribution in [3.63, 3.8) is 0 Å². The number of amides is 2. The number of nitrogens with one attached hydrogen (secondary N) is 1. The van der Waals surface area contributed by atoms with Gasteiger partial charge in [-0.15, -0.1) is 11.8 Å². The number of thioether (sulfide) groups is 1. The van der Waals surface area contributed by atoms with Gasteiger partial charge in [0, 0.05) is 29.7 Å². The lowest BCUT2D eigenvalue weighted by atomic mass is 9.95. The quantitative estimate of drug-likeness (QED) is 0.574. The van der Waals surface area contributed by atoms with E-state index in [0.717, 1.165) is 23.3 Å². The van der Waals surface area contributed by atoms with Gasteiger partial charge < -0.3 is 10.2 Å². The minimum absolute atomic E-state index is 0.0218. The molecule has 1 N–H and O–H groups in total. The van der Waals surface area contributed by atoms with Crippen LogP contribution in [0.25, 0.3) is 0 Å². The number of rotatable bonds is 9. The average Bonchev–Trinajstić information content (AvgIpc) is 2.79. The van der Waals surface area contributed by atoms with Crippen LogP contribution in [0, 0.1) is 0 Å². The topological polar surface area (TPSA) is 49.4 Å². The highest BCUT2D eigenvalue weighted by molar-refractivity contribution is 7.99. The van der Waals surface area contributed by atoms with E-state index in [0.29, 0.717) is 18.7 Å². The molecule has 5 heteroatoms. The molecule has 160 valence electrons. The molecule has 0 aromatic heterocycles. The maximum Gasteiger partial charge on any atom is 0.242 e. The van der Waals surface area contributed by atoms with Crippen molar-refractivity contribution in [3.05, 3.63) is 66.2 Å². The maximum atomic E-state index is 13.1. The van der Waals surface area contributed by atoms with E-state index in [1.54, 1.807) is 16.7 Å². The van der Waals surface area contributed by atoms with Crippen LogP contribution < -0.4 is 5.32 Å². The Labute approximate surface area is 184 Å². The molecule has 0 bridgehead atoms. The summed E-state index contributed by atoms with van der Waals surface area (Å²) in [6.07, 6.45) is 6.08. The van der Waals surface area contributed by atoms with Gasteiger partial charge >= 0.3 is 0 Å². The summed E-state index contributed by atoms with van der Waals surface area (Å²) in [6, 6.07) is 19.8. The second-order valence-corrected chi connectivity index (χ2v) is 9.11. The Kier molecular flexibility index (Phi) is 8.81. The van der Waals surface area contributed by atoms with Gasteiger partial charge in [-0.1, -0.05) is 67.8 Å². The molecule has 4 nitrogen and oxygen atoms in total. The maximum absolute atomic E-state index is 13.1. The molecule has 2 aromatic carbocycles. The molecule has 1 unspecified atom stereocenters. The summed E-state index contributed by atoms with van der Waals surface area (Å²) in [7, 11) is 0. The van der Waals surface area contributed by atoms with E-state index in [2.05, 4.69) is 17.4 Å². The highest BCUT2D eigenvalue weighted by atomic mass is 32.2. The van der Waals surface area contributed by atoms with Gasteiger partial charge in [0.2, 0.25) is 11.8 Å². The number of nitrogens with zero attached hydrogens (tertiary/aromatic N) is 1. The van der Waals surface area contributed by atoms with Crippen LogP contribution in [0.2, 0.25) is 0 Å². The molecule has 0 saturated heterocycles. The third kappa shape index (κ3) is 6.91. The SMILES string of the molecule is CC(C(=O)NC1CCCCC1)N(Cc1ccccc1)C(=O)CCSc1ccccc1. The summed E-state index contributed by atoms with van der Waals surface area (Å²) < 4.78 is 0. The highest BCUT2D eigenvalue weighted by Crippen LogP contribution is 2.20. The van der Waals surface area contributed by atoms with Crippen LogP contribution >= 0.6 is 11.8 Å². The van der Waals surface area contributed by atoms with Gasteiger partial charge in [-0.2, -0.15) is 0 Å². The van der Waals surface area contributed by atoms with Crippen LogP contribution in [0.3, 0.4) is 0 Å². The lowest BCUT2D eigenvalue weighted by Gasteiger charge is -2.31. The number of carbonyl (C=O) groups is 2. The van der Waals surface area contributed by atoms with Gasteiger partial charge in [0.15, 0.2) is 0 Å². The Morgan fingerprint density at radius 2 is 1.63 bits per heavy atom. The van der Waals surface area contributed by atoms with Gasteiger partial charge in [-0.05, 0) is 37.5 Å². The first-order chi connectivity index (χ1) is 14.6. The van der Waals surface area contributed by atoms with Crippen LogP contribution in [-0.2, 0) is 16.1 Å². The molecule has 0 aliphatic heterocycles. The predicted octanol–water partition coefficient (Wildman–Crippen LogP) is 5.04. The molecule has 0 radical (unpaired) electrons. The molecule has 2 amide bonds. The molecule has 0 heterocycles. The van der Waals surface area contributed by atoms with Crippen LogP contribution in [0.1, 0.15) is 51.0 Å². The Hall–Kier alpha value is -2.27. The van der Waals surface area contributed by atoms with Gasteiger partial charge in [-0.25, -0.2) is 0 Å². The van der Waals surface area contributed by atoms with E-state index >= 15 is 0 Å². The zero-order chi connectivity index (χ0) is 21.2. The summed E-state index contributed by atoms with van der Waals surface area (Å²) in [6.45, 7) is 2.30. The lowest BCUT2D eigenvalue weighted by Crippen LogP contribution is -2.50. The molecule has 1 saturated carbocycles. The predicted molar refractivity (Wildman–Crippen MR) is 123 cm³/mol. The first kappa shape index (κ1) is 22.4. The number of benzene rings is 2. The molecule has 2 aromatic rings. The number of hydrogen-bond donors (Lipinski definition) is 1. The van der Waals surface area contributed by atoms with Crippen molar-refractivity contribution in [3.8, 4) is 0 Å². The standard InChI is InChI=1S/C25H32N2O2S/c1-20(25(29)26-22-13-7-3-8-14-22)27(19-21-11-5-2-6-12-21)24(28)17-18-30-23-15-9-4-10-16-23/h2,4-6,9-12,15-16,20,22H,3,7-8,13-14,17-19H2,1H3,(H,26,29). The van der Waals surface area contributed by atoms with Crippen LogP contribution in [0.5, 0.6) is 0 Å². The molecular formula is C25H32N2O2S. The monoisotopic (exact) mass is 424 g/mol. The van der Waals surface area contributed by atoms with Crippen LogP contribution in [-0.4, -0.2) is 34.6 Å². The lowest BCUT2D eigenvalue weighted by molar-refractivity contribution is -0.140. The summed E-state index contributed by atoms with van der Waals surface area (Å²) in [4.78, 5) is 28.9. The average molecular weight is 425 g/mol. The van der Waals surface area contributed by atoms with E-state index in [1.807, 2.05) is 55.5 Å². The van der Waals surface area contributed by atoms with Crippen molar-refractivity contribution in [2.75, 3.05) is 5.75 Å². The summed E-state index contributed by atoms with van der Waals surface area (Å²) >= 11 is 1.67. The largest absolute Gasteiger partial charge is 0.352 e.